The van der Waals surface area contributed by atoms with Crippen molar-refractivity contribution in [3.05, 3.63) is 47.8 Å². The molecule has 0 bridgehead atoms. The summed E-state index contributed by atoms with van der Waals surface area (Å²) in [7, 11) is 0. The van der Waals surface area contributed by atoms with Gasteiger partial charge in [-0.1, -0.05) is 30.8 Å². The summed E-state index contributed by atoms with van der Waals surface area (Å²) in [5.41, 5.74) is 4.01. The summed E-state index contributed by atoms with van der Waals surface area (Å²) in [6.07, 6.45) is 3.13. The normalized spacial score (nSPS) is 19.3. The summed E-state index contributed by atoms with van der Waals surface area (Å²) in [6, 6.07) is 9.93. The molecular formula is C24H29N3O5S. The molecule has 33 heavy (non-hydrogen) atoms. The molecule has 2 fully saturated rings. The van der Waals surface area contributed by atoms with Crippen molar-refractivity contribution >= 4 is 22.8 Å². The van der Waals surface area contributed by atoms with Crippen LogP contribution in [-0.2, 0) is 24.7 Å². The maximum Gasteiger partial charge on any atom is 0.216 e. The van der Waals surface area contributed by atoms with Crippen molar-refractivity contribution < 1.29 is 23.7 Å². The van der Waals surface area contributed by atoms with Crippen molar-refractivity contribution in [3.8, 4) is 5.75 Å². The number of pyridine rings is 1. The molecule has 4 heterocycles. The van der Waals surface area contributed by atoms with Crippen LogP contribution in [0.2, 0.25) is 0 Å². The third kappa shape index (κ3) is 4.88. The molecule has 8 nitrogen and oxygen atoms in total. The van der Waals surface area contributed by atoms with Crippen LogP contribution in [0.15, 0.2) is 41.7 Å². The zero-order chi connectivity index (χ0) is 22.7. The van der Waals surface area contributed by atoms with Crippen molar-refractivity contribution in [2.45, 2.75) is 49.2 Å². The molecule has 0 atom stereocenters. The van der Waals surface area contributed by atoms with Gasteiger partial charge in [0.25, 0.3) is 0 Å². The Balaban J connectivity index is 1.17. The Morgan fingerprint density at radius 2 is 1.88 bits per heavy atom. The topological polar surface area (TPSA) is 87.7 Å². The number of nitrogens with one attached hydrogen (secondary N) is 1. The summed E-state index contributed by atoms with van der Waals surface area (Å²) in [5.74, 6) is 0.108. The monoisotopic (exact) mass is 471 g/mol. The van der Waals surface area contributed by atoms with Gasteiger partial charge in [-0.05, 0) is 31.5 Å². The zero-order valence-electron chi connectivity index (χ0n) is 19.0. The molecule has 3 aromatic rings. The van der Waals surface area contributed by atoms with Crippen LogP contribution in [0.3, 0.4) is 0 Å². The standard InChI is InChI=1S/C24H29N3O5S/c1-3-23(31-15-24(16-32-23)29-12-13-30-24)9-11-28-21-8-10-25-20(17(21)2)14-33-22-26-18-6-4-5-7-19(18)27-22/h4-8,10H,3,9,11-16H2,1-2H3,(H,26,27). The first-order valence-electron chi connectivity index (χ1n) is 11.3. The van der Waals surface area contributed by atoms with Gasteiger partial charge in [-0.2, -0.15) is 0 Å². The Morgan fingerprint density at radius 3 is 2.64 bits per heavy atom. The number of nitrogens with zero attached hydrogens (tertiary/aromatic N) is 2. The molecule has 5 rings (SSSR count). The van der Waals surface area contributed by atoms with Gasteiger partial charge in [-0.15, -0.1) is 0 Å². The Labute approximate surface area is 197 Å². The van der Waals surface area contributed by atoms with Crippen LogP contribution >= 0.6 is 11.8 Å². The number of fused-ring (bicyclic) bond motifs is 1. The van der Waals surface area contributed by atoms with Crippen LogP contribution < -0.4 is 4.74 Å². The van der Waals surface area contributed by atoms with E-state index in [2.05, 4.69) is 21.9 Å². The fraction of sp³-hybridized carbons (Fsp3) is 0.500. The van der Waals surface area contributed by atoms with Gasteiger partial charge in [-0.25, -0.2) is 4.98 Å². The predicted octanol–water partition coefficient (Wildman–Crippen LogP) is 4.22. The molecule has 1 N–H and O–H groups in total. The van der Waals surface area contributed by atoms with E-state index >= 15 is 0 Å². The second-order valence-electron chi connectivity index (χ2n) is 8.28. The van der Waals surface area contributed by atoms with E-state index in [1.165, 1.54) is 0 Å². The molecule has 0 unspecified atom stereocenters. The highest BCUT2D eigenvalue weighted by Gasteiger charge is 2.47. The molecule has 9 heteroatoms. The average molecular weight is 472 g/mol. The number of para-hydroxylation sites is 2. The highest BCUT2D eigenvalue weighted by molar-refractivity contribution is 7.98. The number of hydrogen-bond acceptors (Lipinski definition) is 8. The Hall–Kier alpha value is -2.17. The van der Waals surface area contributed by atoms with E-state index in [9.17, 15) is 0 Å². The van der Waals surface area contributed by atoms with Crippen molar-refractivity contribution in [1.29, 1.82) is 0 Å². The first kappa shape index (κ1) is 22.6. The van der Waals surface area contributed by atoms with Gasteiger partial charge >= 0.3 is 0 Å². The maximum atomic E-state index is 6.13. The van der Waals surface area contributed by atoms with Crippen LogP contribution in [-0.4, -0.2) is 59.6 Å². The average Bonchev–Trinajstić information content (AvgIpc) is 3.48. The molecule has 0 saturated carbocycles. The molecule has 0 aliphatic carbocycles. The first-order valence-corrected chi connectivity index (χ1v) is 12.3. The highest BCUT2D eigenvalue weighted by Crippen LogP contribution is 2.35. The number of ether oxygens (including phenoxy) is 5. The molecule has 0 amide bonds. The fourth-order valence-corrected chi connectivity index (χ4v) is 4.98. The lowest BCUT2D eigenvalue weighted by Gasteiger charge is -2.43. The molecule has 2 aliphatic rings. The fourth-order valence-electron chi connectivity index (χ4n) is 4.07. The molecule has 0 radical (unpaired) electrons. The van der Waals surface area contributed by atoms with Crippen LogP contribution in [0.1, 0.15) is 31.0 Å². The van der Waals surface area contributed by atoms with E-state index in [-0.39, 0.29) is 0 Å². The largest absolute Gasteiger partial charge is 0.493 e. The molecule has 2 aromatic heterocycles. The van der Waals surface area contributed by atoms with E-state index < -0.39 is 11.6 Å². The minimum Gasteiger partial charge on any atom is -0.493 e. The number of hydrogen-bond donors (Lipinski definition) is 1. The number of aromatic nitrogens is 3. The Kier molecular flexibility index (Phi) is 6.58. The molecular weight excluding hydrogens is 442 g/mol. The zero-order valence-corrected chi connectivity index (χ0v) is 19.8. The number of H-pyrrole nitrogens is 1. The number of thioether (sulfide) groups is 1. The maximum absolute atomic E-state index is 6.13. The number of benzene rings is 1. The molecule has 1 spiro atoms. The van der Waals surface area contributed by atoms with Crippen molar-refractivity contribution in [2.24, 2.45) is 0 Å². The lowest BCUT2D eigenvalue weighted by atomic mass is 10.1. The second-order valence-corrected chi connectivity index (χ2v) is 9.24. The lowest BCUT2D eigenvalue weighted by molar-refractivity contribution is -0.365. The number of rotatable bonds is 8. The van der Waals surface area contributed by atoms with Gasteiger partial charge in [0.05, 0.1) is 36.5 Å². The molecule has 176 valence electrons. The summed E-state index contributed by atoms with van der Waals surface area (Å²) in [4.78, 5) is 12.5. The Bertz CT molecular complexity index is 1060. The second kappa shape index (κ2) is 9.60. The van der Waals surface area contributed by atoms with E-state index in [1.807, 2.05) is 37.3 Å². The van der Waals surface area contributed by atoms with E-state index in [0.29, 0.717) is 45.2 Å². The van der Waals surface area contributed by atoms with E-state index in [0.717, 1.165) is 39.6 Å². The van der Waals surface area contributed by atoms with Crippen molar-refractivity contribution in [3.63, 3.8) is 0 Å². The SMILES string of the molecule is CCC1(CCOc2ccnc(CSc3nc4ccccc4[nH]3)c2C)OCC2(CO1)OCCO2. The lowest BCUT2D eigenvalue weighted by Crippen LogP contribution is -2.54. The van der Waals surface area contributed by atoms with Gasteiger partial charge in [0, 0.05) is 23.9 Å². The number of aromatic amines is 1. The number of imidazole rings is 1. The third-order valence-corrected chi connectivity index (χ3v) is 7.06. The van der Waals surface area contributed by atoms with Crippen molar-refractivity contribution in [2.75, 3.05) is 33.0 Å². The van der Waals surface area contributed by atoms with E-state index in [1.54, 1.807) is 18.0 Å². The predicted molar refractivity (Wildman–Crippen MR) is 124 cm³/mol. The quantitative estimate of drug-likeness (QED) is 0.489. The van der Waals surface area contributed by atoms with Crippen LogP contribution in [0, 0.1) is 6.92 Å². The summed E-state index contributed by atoms with van der Waals surface area (Å²) in [5, 5.41) is 0.883. The van der Waals surface area contributed by atoms with Gasteiger partial charge in [-0.3, -0.25) is 4.98 Å². The summed E-state index contributed by atoms with van der Waals surface area (Å²) < 4.78 is 29.6. The summed E-state index contributed by atoms with van der Waals surface area (Å²) in [6.45, 7) is 6.47. The molecule has 2 saturated heterocycles. The summed E-state index contributed by atoms with van der Waals surface area (Å²) >= 11 is 1.63. The van der Waals surface area contributed by atoms with Crippen LogP contribution in [0.4, 0.5) is 0 Å². The highest BCUT2D eigenvalue weighted by atomic mass is 32.2. The van der Waals surface area contributed by atoms with Crippen LogP contribution in [0.5, 0.6) is 5.75 Å². The van der Waals surface area contributed by atoms with Crippen molar-refractivity contribution in [1.82, 2.24) is 15.0 Å². The molecule has 2 aliphatic heterocycles. The smallest absolute Gasteiger partial charge is 0.216 e. The van der Waals surface area contributed by atoms with Gasteiger partial charge in [0.1, 0.15) is 19.0 Å². The van der Waals surface area contributed by atoms with Crippen LogP contribution in [0.25, 0.3) is 11.0 Å². The molecule has 1 aromatic carbocycles. The minimum atomic E-state index is -0.742. The van der Waals surface area contributed by atoms with Gasteiger partial charge in [0.15, 0.2) is 10.9 Å². The van der Waals surface area contributed by atoms with E-state index in [4.69, 9.17) is 23.7 Å². The Morgan fingerprint density at radius 1 is 1.09 bits per heavy atom. The minimum absolute atomic E-state index is 0.373. The first-order chi connectivity index (χ1) is 16.1. The van der Waals surface area contributed by atoms with Gasteiger partial charge < -0.3 is 28.7 Å². The third-order valence-electron chi connectivity index (χ3n) is 6.18. The van der Waals surface area contributed by atoms with Gasteiger partial charge in [0.2, 0.25) is 5.79 Å².